The second kappa shape index (κ2) is 8.18. The molecule has 4 heteroatoms. The van der Waals surface area contributed by atoms with Gasteiger partial charge >= 0.3 is 0 Å². The SMILES string of the molecule is c1ccc2c(C[NH+]3CCOCC3)c3ccccc3c(C[NH+]3CCOCC3)c2c1. The molecule has 2 N–H and O–H groups in total. The molecule has 3 aromatic carbocycles. The third-order valence-electron chi connectivity index (χ3n) is 6.41. The van der Waals surface area contributed by atoms with Crippen LogP contribution in [0.1, 0.15) is 11.1 Å². The van der Waals surface area contributed by atoms with Gasteiger partial charge in [-0.2, -0.15) is 0 Å². The zero-order valence-corrected chi connectivity index (χ0v) is 16.5. The molecule has 2 aliphatic rings. The Morgan fingerprint density at radius 2 is 0.857 bits per heavy atom. The highest BCUT2D eigenvalue weighted by molar-refractivity contribution is 6.05. The van der Waals surface area contributed by atoms with Crippen molar-refractivity contribution in [3.8, 4) is 0 Å². The van der Waals surface area contributed by atoms with E-state index in [9.17, 15) is 0 Å². The van der Waals surface area contributed by atoms with Gasteiger partial charge in [0.25, 0.3) is 0 Å². The van der Waals surface area contributed by atoms with Crippen molar-refractivity contribution >= 4 is 21.5 Å². The van der Waals surface area contributed by atoms with Crippen LogP contribution >= 0.6 is 0 Å². The number of benzene rings is 3. The molecule has 0 amide bonds. The number of hydrogen-bond donors (Lipinski definition) is 2. The highest BCUT2D eigenvalue weighted by Crippen LogP contribution is 2.32. The number of quaternary nitrogens is 2. The topological polar surface area (TPSA) is 27.3 Å². The highest BCUT2D eigenvalue weighted by Gasteiger charge is 2.22. The van der Waals surface area contributed by atoms with E-state index < -0.39 is 0 Å². The lowest BCUT2D eigenvalue weighted by Crippen LogP contribution is -3.12. The molecule has 0 bridgehead atoms. The fourth-order valence-electron chi connectivity index (χ4n) is 4.86. The van der Waals surface area contributed by atoms with Crippen molar-refractivity contribution in [1.29, 1.82) is 0 Å². The van der Waals surface area contributed by atoms with E-state index in [0.29, 0.717) is 0 Å². The summed E-state index contributed by atoms with van der Waals surface area (Å²) in [6.07, 6.45) is 0. The summed E-state index contributed by atoms with van der Waals surface area (Å²) in [6, 6.07) is 18.1. The van der Waals surface area contributed by atoms with Gasteiger partial charge in [-0.15, -0.1) is 0 Å². The van der Waals surface area contributed by atoms with Crippen LogP contribution in [0.5, 0.6) is 0 Å². The van der Waals surface area contributed by atoms with Crippen molar-refractivity contribution in [2.75, 3.05) is 52.6 Å². The molecular formula is C24H30N2O2+2. The third-order valence-corrected chi connectivity index (χ3v) is 6.41. The fourth-order valence-corrected chi connectivity index (χ4v) is 4.86. The molecule has 0 saturated carbocycles. The van der Waals surface area contributed by atoms with E-state index in [2.05, 4.69) is 48.5 Å². The van der Waals surface area contributed by atoms with Gasteiger partial charge in [-0.1, -0.05) is 48.5 Å². The molecule has 4 nitrogen and oxygen atoms in total. The van der Waals surface area contributed by atoms with Gasteiger partial charge in [-0.05, 0) is 21.5 Å². The van der Waals surface area contributed by atoms with Crippen LogP contribution in [0.25, 0.3) is 21.5 Å². The van der Waals surface area contributed by atoms with E-state index in [1.54, 1.807) is 9.80 Å². The second-order valence-corrected chi connectivity index (χ2v) is 8.13. The molecule has 0 unspecified atom stereocenters. The number of fused-ring (bicyclic) bond motifs is 2. The van der Waals surface area contributed by atoms with Crippen LogP contribution in [0.4, 0.5) is 0 Å². The van der Waals surface area contributed by atoms with E-state index in [0.717, 1.165) is 65.7 Å². The second-order valence-electron chi connectivity index (χ2n) is 8.13. The summed E-state index contributed by atoms with van der Waals surface area (Å²) in [5.74, 6) is 0. The zero-order chi connectivity index (χ0) is 18.8. The summed E-state index contributed by atoms with van der Waals surface area (Å²) in [6.45, 7) is 10.1. The van der Waals surface area contributed by atoms with Crippen LogP contribution in [0.2, 0.25) is 0 Å². The molecule has 3 aromatic rings. The molecule has 0 aromatic heterocycles. The summed E-state index contributed by atoms with van der Waals surface area (Å²) in [5.41, 5.74) is 3.01. The Labute approximate surface area is 166 Å². The standard InChI is InChI=1S/C24H28N2O2/c1-2-6-20-19(5-1)23(17-25-9-13-27-14-10-25)21-7-3-4-8-22(21)24(20)18-26-11-15-28-16-12-26/h1-8H,9-18H2/p+2. The average Bonchev–Trinajstić information content (AvgIpc) is 2.77. The minimum Gasteiger partial charge on any atom is -0.370 e. The van der Waals surface area contributed by atoms with E-state index in [1.807, 2.05) is 0 Å². The number of rotatable bonds is 4. The lowest BCUT2D eigenvalue weighted by molar-refractivity contribution is -0.921. The first kappa shape index (κ1) is 18.1. The Hall–Kier alpha value is -1.98. The molecule has 2 saturated heterocycles. The van der Waals surface area contributed by atoms with E-state index >= 15 is 0 Å². The number of hydrogen-bond acceptors (Lipinski definition) is 2. The van der Waals surface area contributed by atoms with E-state index in [4.69, 9.17) is 9.47 Å². The first-order valence-corrected chi connectivity index (χ1v) is 10.6. The smallest absolute Gasteiger partial charge is 0.104 e. The molecule has 0 atom stereocenters. The quantitative estimate of drug-likeness (QED) is 0.658. The predicted molar refractivity (Wildman–Crippen MR) is 112 cm³/mol. The normalized spacial score (nSPS) is 19.4. The lowest BCUT2D eigenvalue weighted by atomic mass is 9.91. The zero-order valence-electron chi connectivity index (χ0n) is 16.5. The number of ether oxygens (including phenoxy) is 2. The van der Waals surface area contributed by atoms with Gasteiger partial charge in [0, 0.05) is 11.1 Å². The first-order valence-electron chi connectivity index (χ1n) is 10.6. The summed E-state index contributed by atoms with van der Waals surface area (Å²) in [4.78, 5) is 3.27. The van der Waals surface area contributed by atoms with Gasteiger partial charge in [-0.25, -0.2) is 0 Å². The molecule has 2 aliphatic heterocycles. The fraction of sp³-hybridized carbons (Fsp3) is 0.417. The summed E-state index contributed by atoms with van der Waals surface area (Å²) in [7, 11) is 0. The van der Waals surface area contributed by atoms with E-state index in [-0.39, 0.29) is 0 Å². The Bertz CT molecular complexity index is 824. The lowest BCUT2D eigenvalue weighted by Gasteiger charge is -2.27. The van der Waals surface area contributed by atoms with Gasteiger partial charge in [0.15, 0.2) is 0 Å². The molecule has 2 heterocycles. The molecule has 0 aliphatic carbocycles. The van der Waals surface area contributed by atoms with Crippen molar-refractivity contribution in [2.24, 2.45) is 0 Å². The Morgan fingerprint density at radius 3 is 1.18 bits per heavy atom. The predicted octanol–water partition coefficient (Wildman–Crippen LogP) is 0.823. The van der Waals surface area contributed by atoms with Crippen LogP contribution in [0.15, 0.2) is 48.5 Å². The third kappa shape index (κ3) is 3.53. The Morgan fingerprint density at radius 1 is 0.536 bits per heavy atom. The summed E-state index contributed by atoms with van der Waals surface area (Å²) >= 11 is 0. The van der Waals surface area contributed by atoms with Gasteiger partial charge < -0.3 is 19.3 Å². The molecule has 0 spiro atoms. The van der Waals surface area contributed by atoms with Crippen molar-refractivity contribution in [3.63, 3.8) is 0 Å². The van der Waals surface area contributed by atoms with Gasteiger partial charge in [0.2, 0.25) is 0 Å². The maximum atomic E-state index is 5.58. The minimum absolute atomic E-state index is 0.879. The van der Waals surface area contributed by atoms with E-state index in [1.165, 1.54) is 32.7 Å². The van der Waals surface area contributed by atoms with Crippen LogP contribution < -0.4 is 9.80 Å². The van der Waals surface area contributed by atoms with Crippen molar-refractivity contribution < 1.29 is 19.3 Å². The summed E-state index contributed by atoms with van der Waals surface area (Å²) in [5, 5.41) is 5.73. The maximum absolute atomic E-state index is 5.58. The minimum atomic E-state index is 0.879. The molecular weight excluding hydrogens is 348 g/mol. The molecule has 0 radical (unpaired) electrons. The molecule has 2 fully saturated rings. The Balaban J connectivity index is 1.64. The maximum Gasteiger partial charge on any atom is 0.104 e. The summed E-state index contributed by atoms with van der Waals surface area (Å²) < 4.78 is 11.2. The van der Waals surface area contributed by atoms with Crippen molar-refractivity contribution in [2.45, 2.75) is 13.1 Å². The largest absolute Gasteiger partial charge is 0.370 e. The first-order chi connectivity index (χ1) is 13.9. The van der Waals surface area contributed by atoms with Gasteiger partial charge in [0.1, 0.15) is 39.3 Å². The van der Waals surface area contributed by atoms with Crippen LogP contribution in [0, 0.1) is 0 Å². The average molecular weight is 379 g/mol. The van der Waals surface area contributed by atoms with Crippen LogP contribution in [0.3, 0.4) is 0 Å². The van der Waals surface area contributed by atoms with Gasteiger partial charge in [-0.3, -0.25) is 0 Å². The van der Waals surface area contributed by atoms with Crippen LogP contribution in [-0.4, -0.2) is 52.6 Å². The Kier molecular flexibility index (Phi) is 5.28. The molecule has 5 rings (SSSR count). The van der Waals surface area contributed by atoms with Crippen LogP contribution in [-0.2, 0) is 22.6 Å². The van der Waals surface area contributed by atoms with Gasteiger partial charge in [0.05, 0.1) is 26.4 Å². The number of nitrogens with one attached hydrogen (secondary N) is 2. The molecule has 146 valence electrons. The van der Waals surface area contributed by atoms with Crippen molar-refractivity contribution in [3.05, 3.63) is 59.7 Å². The highest BCUT2D eigenvalue weighted by atomic mass is 16.5. The molecule has 28 heavy (non-hydrogen) atoms. The number of morpholine rings is 2. The monoisotopic (exact) mass is 378 g/mol. The van der Waals surface area contributed by atoms with Crippen molar-refractivity contribution in [1.82, 2.24) is 0 Å².